The van der Waals surface area contributed by atoms with Gasteiger partial charge >= 0.3 is 0 Å². The van der Waals surface area contributed by atoms with E-state index in [2.05, 4.69) is 28.3 Å². The summed E-state index contributed by atoms with van der Waals surface area (Å²) < 4.78 is 2.06. The third-order valence-electron chi connectivity index (χ3n) is 2.72. The molecule has 0 spiro atoms. The lowest BCUT2D eigenvalue weighted by molar-refractivity contribution is 0.827. The minimum Gasteiger partial charge on any atom is -0.358 e. The molecule has 0 unspecified atom stereocenters. The molecule has 4 nitrogen and oxygen atoms in total. The Morgan fingerprint density at radius 2 is 2.25 bits per heavy atom. The fourth-order valence-corrected chi connectivity index (χ4v) is 1.97. The van der Waals surface area contributed by atoms with E-state index in [4.69, 9.17) is 5.73 Å². The Morgan fingerprint density at radius 1 is 1.44 bits per heavy atom. The maximum atomic E-state index is 5.81. The molecule has 2 rings (SSSR count). The van der Waals surface area contributed by atoms with Crippen molar-refractivity contribution in [2.45, 2.75) is 19.9 Å². The van der Waals surface area contributed by atoms with Gasteiger partial charge in [0.05, 0.1) is 5.69 Å². The summed E-state index contributed by atoms with van der Waals surface area (Å²) in [5, 5.41) is 0. The molecule has 2 heterocycles. The highest BCUT2D eigenvalue weighted by Gasteiger charge is 2.13. The normalized spacial score (nSPS) is 10.9. The second-order valence-corrected chi connectivity index (χ2v) is 3.94. The smallest absolute Gasteiger partial charge is 0.152 e. The minimum absolute atomic E-state index is 0.508. The van der Waals surface area contributed by atoms with Crippen LogP contribution in [0.15, 0.2) is 24.4 Å². The molecule has 0 bridgehead atoms. The molecule has 0 amide bonds. The van der Waals surface area contributed by atoms with Crippen LogP contribution in [0.3, 0.4) is 0 Å². The fourth-order valence-electron chi connectivity index (χ4n) is 1.97. The van der Waals surface area contributed by atoms with Gasteiger partial charge in [-0.2, -0.15) is 0 Å². The van der Waals surface area contributed by atoms with Crippen LogP contribution in [0.4, 0.5) is 5.82 Å². The molecule has 86 valence electrons. The van der Waals surface area contributed by atoms with Crippen LogP contribution in [0, 0.1) is 0 Å². The van der Waals surface area contributed by atoms with Crippen LogP contribution in [0.2, 0.25) is 0 Å². The van der Waals surface area contributed by atoms with Crippen LogP contribution in [0.5, 0.6) is 0 Å². The van der Waals surface area contributed by atoms with E-state index in [0.29, 0.717) is 6.54 Å². The molecule has 0 radical (unpaired) electrons. The predicted octanol–water partition coefficient (Wildman–Crippen LogP) is 1.64. The predicted molar refractivity (Wildman–Crippen MR) is 66.6 cm³/mol. The Hall–Kier alpha value is -1.55. The number of rotatable bonds is 4. The van der Waals surface area contributed by atoms with Crippen LogP contribution in [-0.2, 0) is 6.54 Å². The van der Waals surface area contributed by atoms with Gasteiger partial charge in [0.1, 0.15) is 5.65 Å². The molecule has 0 saturated heterocycles. The lowest BCUT2D eigenvalue weighted by Crippen LogP contribution is -2.20. The quantitative estimate of drug-likeness (QED) is 0.848. The largest absolute Gasteiger partial charge is 0.358 e. The van der Waals surface area contributed by atoms with Crippen molar-refractivity contribution in [1.82, 2.24) is 9.38 Å². The van der Waals surface area contributed by atoms with E-state index in [0.717, 1.165) is 30.1 Å². The molecule has 0 aromatic carbocycles. The van der Waals surface area contributed by atoms with Gasteiger partial charge in [0, 0.05) is 26.3 Å². The Balaban J connectivity index is 2.51. The Kier molecular flexibility index (Phi) is 3.10. The number of nitrogens with two attached hydrogens (primary N) is 1. The Morgan fingerprint density at radius 3 is 2.94 bits per heavy atom. The number of hydrogen-bond acceptors (Lipinski definition) is 3. The van der Waals surface area contributed by atoms with Gasteiger partial charge < -0.3 is 15.0 Å². The van der Waals surface area contributed by atoms with Gasteiger partial charge in [-0.15, -0.1) is 0 Å². The van der Waals surface area contributed by atoms with Gasteiger partial charge in [-0.05, 0) is 18.6 Å². The van der Waals surface area contributed by atoms with Gasteiger partial charge in [0.2, 0.25) is 0 Å². The third-order valence-corrected chi connectivity index (χ3v) is 2.72. The van der Waals surface area contributed by atoms with Crippen LogP contribution < -0.4 is 10.6 Å². The first kappa shape index (κ1) is 11.0. The first-order valence-corrected chi connectivity index (χ1v) is 5.65. The summed E-state index contributed by atoms with van der Waals surface area (Å²) in [6.07, 6.45) is 3.11. The number of anilines is 1. The summed E-state index contributed by atoms with van der Waals surface area (Å²) in [6, 6.07) is 5.99. The van der Waals surface area contributed by atoms with E-state index in [1.165, 1.54) is 0 Å². The second kappa shape index (κ2) is 4.53. The molecule has 2 aromatic rings. The number of hydrogen-bond donors (Lipinski definition) is 1. The van der Waals surface area contributed by atoms with E-state index in [9.17, 15) is 0 Å². The Bertz CT molecular complexity index is 475. The van der Waals surface area contributed by atoms with Crippen molar-refractivity contribution in [2.75, 3.05) is 18.5 Å². The summed E-state index contributed by atoms with van der Waals surface area (Å²) in [4.78, 5) is 6.77. The van der Waals surface area contributed by atoms with Crippen molar-refractivity contribution in [2.24, 2.45) is 5.73 Å². The van der Waals surface area contributed by atoms with Gasteiger partial charge in [-0.25, -0.2) is 4.98 Å². The fraction of sp³-hybridized carbons (Fsp3) is 0.417. The van der Waals surface area contributed by atoms with E-state index in [-0.39, 0.29) is 0 Å². The second-order valence-electron chi connectivity index (χ2n) is 3.94. The van der Waals surface area contributed by atoms with Crippen molar-refractivity contribution in [3.8, 4) is 0 Å². The van der Waals surface area contributed by atoms with Crippen LogP contribution in [0.1, 0.15) is 19.0 Å². The number of fused-ring (bicyclic) bond motifs is 1. The molecule has 0 atom stereocenters. The lowest BCUT2D eigenvalue weighted by atomic mass is 10.3. The average Bonchev–Trinajstić information content (AvgIpc) is 2.67. The van der Waals surface area contributed by atoms with E-state index in [1.54, 1.807) is 0 Å². The minimum atomic E-state index is 0.508. The van der Waals surface area contributed by atoms with Crippen LogP contribution in [-0.4, -0.2) is 23.0 Å². The summed E-state index contributed by atoms with van der Waals surface area (Å²) in [5.41, 5.74) is 7.84. The maximum absolute atomic E-state index is 5.81. The number of nitrogens with zero attached hydrogens (tertiary/aromatic N) is 3. The van der Waals surface area contributed by atoms with Crippen LogP contribution >= 0.6 is 0 Å². The Labute approximate surface area is 95.7 Å². The van der Waals surface area contributed by atoms with Crippen molar-refractivity contribution in [1.29, 1.82) is 0 Å². The molecule has 0 saturated carbocycles. The SMILES string of the molecule is CCCN(C)c1nc2ccccn2c1CN. The molecule has 0 aliphatic rings. The third kappa shape index (κ3) is 1.76. The van der Waals surface area contributed by atoms with Gasteiger partial charge in [-0.1, -0.05) is 13.0 Å². The molecule has 2 aromatic heterocycles. The molecule has 0 aliphatic heterocycles. The summed E-state index contributed by atoms with van der Waals surface area (Å²) in [7, 11) is 2.06. The van der Waals surface area contributed by atoms with Crippen molar-refractivity contribution in [3.05, 3.63) is 30.1 Å². The van der Waals surface area contributed by atoms with Crippen LogP contribution in [0.25, 0.3) is 5.65 Å². The standard InChI is InChI=1S/C12H18N4/c1-3-7-15(2)12-10(9-13)16-8-5-4-6-11(16)14-12/h4-6,8H,3,7,9,13H2,1-2H3. The molecule has 2 N–H and O–H groups in total. The van der Waals surface area contributed by atoms with E-state index < -0.39 is 0 Å². The zero-order chi connectivity index (χ0) is 11.5. The molecule has 4 heteroatoms. The molecular weight excluding hydrogens is 200 g/mol. The molecular formula is C12H18N4. The van der Waals surface area contributed by atoms with Crippen molar-refractivity contribution < 1.29 is 0 Å². The van der Waals surface area contributed by atoms with Crippen molar-refractivity contribution >= 4 is 11.5 Å². The summed E-state index contributed by atoms with van der Waals surface area (Å²) in [5.74, 6) is 0.996. The lowest BCUT2D eigenvalue weighted by Gasteiger charge is -2.16. The van der Waals surface area contributed by atoms with Gasteiger partial charge in [0.15, 0.2) is 5.82 Å². The maximum Gasteiger partial charge on any atom is 0.152 e. The molecule has 16 heavy (non-hydrogen) atoms. The number of imidazole rings is 1. The molecule has 0 fully saturated rings. The summed E-state index contributed by atoms with van der Waals surface area (Å²) in [6.45, 7) is 3.67. The zero-order valence-corrected chi connectivity index (χ0v) is 9.85. The van der Waals surface area contributed by atoms with E-state index >= 15 is 0 Å². The summed E-state index contributed by atoms with van der Waals surface area (Å²) >= 11 is 0. The van der Waals surface area contributed by atoms with Gasteiger partial charge in [0.25, 0.3) is 0 Å². The monoisotopic (exact) mass is 218 g/mol. The first-order chi connectivity index (χ1) is 7.77. The average molecular weight is 218 g/mol. The molecule has 0 aliphatic carbocycles. The van der Waals surface area contributed by atoms with Gasteiger partial charge in [-0.3, -0.25) is 0 Å². The highest BCUT2D eigenvalue weighted by Crippen LogP contribution is 2.20. The highest BCUT2D eigenvalue weighted by atomic mass is 15.2. The van der Waals surface area contributed by atoms with Crippen molar-refractivity contribution in [3.63, 3.8) is 0 Å². The topological polar surface area (TPSA) is 46.6 Å². The zero-order valence-electron chi connectivity index (χ0n) is 9.85. The van der Waals surface area contributed by atoms with E-state index in [1.807, 2.05) is 24.4 Å². The first-order valence-electron chi connectivity index (χ1n) is 5.65. The number of pyridine rings is 1. The highest BCUT2D eigenvalue weighted by molar-refractivity contribution is 5.55. The number of aromatic nitrogens is 2.